The maximum absolute atomic E-state index is 13.4. The number of nitrogens with two attached hydrogens (primary N) is 1. The predicted molar refractivity (Wildman–Crippen MR) is 110 cm³/mol. The van der Waals surface area contributed by atoms with Crippen molar-refractivity contribution in [2.75, 3.05) is 13.1 Å². The number of benzene rings is 1. The molecule has 2 heterocycles. The highest BCUT2D eigenvalue weighted by molar-refractivity contribution is 7.07. The summed E-state index contributed by atoms with van der Waals surface area (Å²) in [4.78, 5) is 26.3. The van der Waals surface area contributed by atoms with E-state index in [0.717, 1.165) is 37.9 Å². The number of piperidine rings is 1. The number of amides is 3. The molecule has 1 aliphatic heterocycles. The lowest BCUT2D eigenvalue weighted by Crippen LogP contribution is -2.39. The van der Waals surface area contributed by atoms with Gasteiger partial charge in [-0.2, -0.15) is 11.3 Å². The molecule has 3 amide bonds. The summed E-state index contributed by atoms with van der Waals surface area (Å²) in [6.45, 7) is 3.10. The van der Waals surface area contributed by atoms with E-state index in [4.69, 9.17) is 5.73 Å². The first kappa shape index (κ1) is 19.0. The lowest BCUT2D eigenvalue weighted by Gasteiger charge is -2.29. The Bertz CT molecular complexity index is 829. The molecule has 28 heavy (non-hydrogen) atoms. The van der Waals surface area contributed by atoms with Crippen molar-refractivity contribution in [1.82, 2.24) is 15.5 Å². The smallest absolute Gasteiger partial charge is 0.312 e. The van der Waals surface area contributed by atoms with Crippen molar-refractivity contribution >= 4 is 23.3 Å². The number of rotatable bonds is 6. The SMILES string of the molecule is NC(=O)NCc1ccc(C(=O)N(Cc2ccsc2)C2CC23CCNCC3)cc1. The average molecular weight is 399 g/mol. The van der Waals surface area contributed by atoms with Crippen LogP contribution < -0.4 is 16.4 Å². The van der Waals surface area contributed by atoms with E-state index in [1.54, 1.807) is 11.3 Å². The van der Waals surface area contributed by atoms with Crippen molar-refractivity contribution in [3.8, 4) is 0 Å². The molecule has 1 aliphatic carbocycles. The maximum atomic E-state index is 13.4. The molecule has 0 radical (unpaired) electrons. The van der Waals surface area contributed by atoms with Crippen LogP contribution in [0.5, 0.6) is 0 Å². The second kappa shape index (κ2) is 7.93. The highest BCUT2D eigenvalue weighted by Gasteiger charge is 2.57. The lowest BCUT2D eigenvalue weighted by atomic mass is 9.93. The van der Waals surface area contributed by atoms with E-state index >= 15 is 0 Å². The minimum absolute atomic E-state index is 0.0843. The number of carbonyl (C=O) groups is 2. The molecule has 6 nitrogen and oxygen atoms in total. The van der Waals surface area contributed by atoms with Gasteiger partial charge in [0.2, 0.25) is 0 Å². The van der Waals surface area contributed by atoms with Crippen LogP contribution in [0, 0.1) is 5.41 Å². The topological polar surface area (TPSA) is 87.5 Å². The Morgan fingerprint density at radius 1 is 1.18 bits per heavy atom. The number of carbonyl (C=O) groups excluding carboxylic acids is 2. The first-order valence-corrected chi connectivity index (χ1v) is 10.7. The van der Waals surface area contributed by atoms with E-state index in [0.29, 0.717) is 30.1 Å². The fourth-order valence-corrected chi connectivity index (χ4v) is 4.91. The van der Waals surface area contributed by atoms with Gasteiger partial charge in [0.05, 0.1) is 0 Å². The van der Waals surface area contributed by atoms with Gasteiger partial charge in [0, 0.05) is 24.7 Å². The van der Waals surface area contributed by atoms with Crippen molar-refractivity contribution in [3.05, 3.63) is 57.8 Å². The summed E-state index contributed by atoms with van der Waals surface area (Å²) in [5.41, 5.74) is 8.21. The number of nitrogens with zero attached hydrogens (tertiary/aromatic N) is 1. The minimum Gasteiger partial charge on any atom is -0.352 e. The monoisotopic (exact) mass is 398 g/mol. The van der Waals surface area contributed by atoms with E-state index in [9.17, 15) is 9.59 Å². The summed E-state index contributed by atoms with van der Waals surface area (Å²) in [5, 5.41) is 10.2. The van der Waals surface area contributed by atoms with E-state index in [1.807, 2.05) is 24.3 Å². The zero-order valence-electron chi connectivity index (χ0n) is 15.8. The molecule has 1 unspecified atom stereocenters. The lowest BCUT2D eigenvalue weighted by molar-refractivity contribution is 0.0692. The van der Waals surface area contributed by atoms with Crippen molar-refractivity contribution in [3.63, 3.8) is 0 Å². The first-order valence-electron chi connectivity index (χ1n) is 9.72. The Hall–Kier alpha value is -2.38. The van der Waals surface area contributed by atoms with Gasteiger partial charge >= 0.3 is 6.03 Å². The zero-order chi connectivity index (χ0) is 19.6. The van der Waals surface area contributed by atoms with Crippen molar-refractivity contribution in [2.24, 2.45) is 11.1 Å². The van der Waals surface area contributed by atoms with Crippen LogP contribution in [0.2, 0.25) is 0 Å². The average Bonchev–Trinajstić information content (AvgIpc) is 3.13. The van der Waals surface area contributed by atoms with Crippen LogP contribution in [0.25, 0.3) is 0 Å². The molecule has 4 N–H and O–H groups in total. The highest BCUT2D eigenvalue weighted by atomic mass is 32.1. The summed E-state index contributed by atoms with van der Waals surface area (Å²) < 4.78 is 0. The van der Waals surface area contributed by atoms with Gasteiger partial charge in [-0.25, -0.2) is 4.79 Å². The molecule has 1 aromatic heterocycles. The summed E-state index contributed by atoms with van der Waals surface area (Å²) >= 11 is 1.67. The molecule has 0 bridgehead atoms. The van der Waals surface area contributed by atoms with Crippen LogP contribution in [0.1, 0.15) is 40.7 Å². The largest absolute Gasteiger partial charge is 0.352 e. The predicted octanol–water partition coefficient (Wildman–Crippen LogP) is 2.70. The van der Waals surface area contributed by atoms with Crippen LogP contribution in [0.4, 0.5) is 4.79 Å². The third-order valence-corrected chi connectivity index (χ3v) is 6.72. The fraction of sp³-hybridized carbons (Fsp3) is 0.429. The molecule has 1 atom stereocenters. The minimum atomic E-state index is -0.553. The molecule has 7 heteroatoms. The molecule has 2 aromatic rings. The number of hydrogen-bond acceptors (Lipinski definition) is 4. The van der Waals surface area contributed by atoms with Gasteiger partial charge < -0.3 is 21.3 Å². The molecule has 148 valence electrons. The van der Waals surface area contributed by atoms with E-state index in [2.05, 4.69) is 32.4 Å². The number of thiophene rings is 1. The van der Waals surface area contributed by atoms with Crippen molar-refractivity contribution in [2.45, 2.75) is 38.4 Å². The standard InChI is InChI=1S/C21H26N4O2S/c22-20(27)24-12-15-1-3-17(4-2-15)19(26)25(13-16-5-10-28-14-16)18-11-21(18)6-8-23-9-7-21/h1-5,10,14,18,23H,6-9,11-13H2,(H3,22,24,27). The number of nitrogens with one attached hydrogen (secondary N) is 2. The molecule has 2 fully saturated rings. The van der Waals surface area contributed by atoms with Gasteiger partial charge in [-0.05, 0) is 77.9 Å². The van der Waals surface area contributed by atoms with Crippen LogP contribution in [-0.2, 0) is 13.1 Å². The number of primary amides is 1. The molecule has 1 saturated heterocycles. The molecule has 1 spiro atoms. The van der Waals surface area contributed by atoms with Gasteiger partial charge in [0.25, 0.3) is 5.91 Å². The molecule has 2 aliphatic rings. The van der Waals surface area contributed by atoms with Crippen LogP contribution in [-0.4, -0.2) is 36.0 Å². The first-order chi connectivity index (χ1) is 13.6. The molecular formula is C21H26N4O2S. The van der Waals surface area contributed by atoms with E-state index in [-0.39, 0.29) is 5.91 Å². The Morgan fingerprint density at radius 3 is 2.57 bits per heavy atom. The Morgan fingerprint density at radius 2 is 1.93 bits per heavy atom. The quantitative estimate of drug-likeness (QED) is 0.699. The highest BCUT2D eigenvalue weighted by Crippen LogP contribution is 2.56. The summed E-state index contributed by atoms with van der Waals surface area (Å²) in [6.07, 6.45) is 3.39. The van der Waals surface area contributed by atoms with Crippen LogP contribution in [0.15, 0.2) is 41.1 Å². The summed E-state index contributed by atoms with van der Waals surface area (Å²) in [6, 6.07) is 9.30. The Labute approximate surface area is 169 Å². The van der Waals surface area contributed by atoms with E-state index < -0.39 is 6.03 Å². The van der Waals surface area contributed by atoms with Crippen LogP contribution >= 0.6 is 11.3 Å². The Balaban J connectivity index is 1.51. The second-order valence-electron chi connectivity index (χ2n) is 7.81. The number of urea groups is 1. The molecule has 1 saturated carbocycles. The molecule has 1 aromatic carbocycles. The van der Waals surface area contributed by atoms with Gasteiger partial charge in [-0.3, -0.25) is 4.79 Å². The van der Waals surface area contributed by atoms with Gasteiger partial charge in [-0.15, -0.1) is 0 Å². The Kier molecular flexibility index (Phi) is 5.37. The van der Waals surface area contributed by atoms with Gasteiger partial charge in [0.15, 0.2) is 0 Å². The number of hydrogen-bond donors (Lipinski definition) is 3. The van der Waals surface area contributed by atoms with Gasteiger partial charge in [-0.1, -0.05) is 12.1 Å². The maximum Gasteiger partial charge on any atom is 0.312 e. The molecule has 4 rings (SSSR count). The van der Waals surface area contributed by atoms with E-state index in [1.165, 1.54) is 5.56 Å². The fourth-order valence-electron chi connectivity index (χ4n) is 4.25. The normalized spacial score (nSPS) is 19.9. The third-order valence-electron chi connectivity index (χ3n) is 5.98. The zero-order valence-corrected chi connectivity index (χ0v) is 16.6. The summed E-state index contributed by atoms with van der Waals surface area (Å²) in [5.74, 6) is 0.0843. The van der Waals surface area contributed by atoms with Crippen molar-refractivity contribution < 1.29 is 9.59 Å². The summed E-state index contributed by atoms with van der Waals surface area (Å²) in [7, 11) is 0. The van der Waals surface area contributed by atoms with Crippen molar-refractivity contribution in [1.29, 1.82) is 0 Å². The van der Waals surface area contributed by atoms with Gasteiger partial charge in [0.1, 0.15) is 0 Å². The molecular weight excluding hydrogens is 372 g/mol. The van der Waals surface area contributed by atoms with Crippen LogP contribution in [0.3, 0.4) is 0 Å². The third kappa shape index (κ3) is 4.05. The second-order valence-corrected chi connectivity index (χ2v) is 8.59.